The number of pyridine rings is 1. The summed E-state index contributed by atoms with van der Waals surface area (Å²) in [7, 11) is 0. The van der Waals surface area contributed by atoms with Crippen LogP contribution in [0.15, 0.2) is 30.3 Å². The summed E-state index contributed by atoms with van der Waals surface area (Å²) < 4.78 is 27.2. The summed E-state index contributed by atoms with van der Waals surface area (Å²) >= 11 is 11.9. The maximum Gasteiger partial charge on any atom is 0.257 e. The fourth-order valence-corrected chi connectivity index (χ4v) is 3.10. The predicted octanol–water partition coefficient (Wildman–Crippen LogP) is 4.13. The molecule has 7 heteroatoms. The monoisotopic (exact) mass is 356 g/mol. The Morgan fingerprint density at radius 2 is 1.83 bits per heavy atom. The Labute approximate surface area is 141 Å². The van der Waals surface area contributed by atoms with Crippen LogP contribution in [0.1, 0.15) is 28.8 Å². The first-order valence-corrected chi connectivity index (χ1v) is 7.73. The molecule has 0 bridgehead atoms. The van der Waals surface area contributed by atoms with E-state index in [9.17, 15) is 13.6 Å². The van der Waals surface area contributed by atoms with E-state index in [1.54, 1.807) is 12.1 Å². The van der Waals surface area contributed by atoms with Crippen LogP contribution in [0.25, 0.3) is 0 Å². The van der Waals surface area contributed by atoms with E-state index in [1.165, 1.54) is 6.07 Å². The molecule has 1 aliphatic rings. The second-order valence-corrected chi connectivity index (χ2v) is 6.28. The standard InChI is InChI=1S/C16H12Cl2F2N2O/c17-12-5-4-9(14(18)22-12)16(6-7-16)8-21-15(23)13-10(19)2-1-3-11(13)20/h1-5H,6-8H2,(H,21,23). The molecular weight excluding hydrogens is 345 g/mol. The number of carbonyl (C=O) groups is 1. The Bertz CT molecular complexity index is 758. The van der Waals surface area contributed by atoms with E-state index >= 15 is 0 Å². The topological polar surface area (TPSA) is 42.0 Å². The Balaban J connectivity index is 1.76. The molecule has 0 unspecified atom stereocenters. The van der Waals surface area contributed by atoms with Gasteiger partial charge in [-0.05, 0) is 36.6 Å². The van der Waals surface area contributed by atoms with E-state index in [-0.39, 0.29) is 22.3 Å². The van der Waals surface area contributed by atoms with Gasteiger partial charge in [-0.3, -0.25) is 4.79 Å². The molecule has 0 saturated heterocycles. The predicted molar refractivity (Wildman–Crippen MR) is 83.9 cm³/mol. The van der Waals surface area contributed by atoms with Crippen molar-refractivity contribution in [1.29, 1.82) is 0 Å². The molecule has 120 valence electrons. The Hall–Kier alpha value is -1.72. The third kappa shape index (κ3) is 3.16. The van der Waals surface area contributed by atoms with Crippen LogP contribution >= 0.6 is 23.2 Å². The summed E-state index contributed by atoms with van der Waals surface area (Å²) in [4.78, 5) is 16.1. The number of aromatic nitrogens is 1. The molecule has 1 amide bonds. The van der Waals surface area contributed by atoms with Crippen LogP contribution in [0.3, 0.4) is 0 Å². The molecule has 2 aromatic rings. The fraction of sp³-hybridized carbons (Fsp3) is 0.250. The number of nitrogens with one attached hydrogen (secondary N) is 1. The van der Waals surface area contributed by atoms with E-state index in [1.807, 2.05) is 0 Å². The van der Waals surface area contributed by atoms with Gasteiger partial charge in [0, 0.05) is 12.0 Å². The molecule has 0 radical (unpaired) electrons. The summed E-state index contributed by atoms with van der Waals surface area (Å²) in [5.41, 5.74) is -0.159. The molecule has 0 atom stereocenters. The van der Waals surface area contributed by atoms with E-state index in [4.69, 9.17) is 23.2 Å². The van der Waals surface area contributed by atoms with Gasteiger partial charge in [0.15, 0.2) is 0 Å². The van der Waals surface area contributed by atoms with Crippen LogP contribution in [0.2, 0.25) is 10.3 Å². The van der Waals surface area contributed by atoms with E-state index in [0.717, 1.165) is 30.5 Å². The fourth-order valence-electron chi connectivity index (χ4n) is 2.55. The molecule has 1 N–H and O–H groups in total. The van der Waals surface area contributed by atoms with E-state index in [2.05, 4.69) is 10.3 Å². The van der Waals surface area contributed by atoms with Gasteiger partial charge < -0.3 is 5.32 Å². The van der Waals surface area contributed by atoms with Gasteiger partial charge in [-0.1, -0.05) is 35.3 Å². The first-order valence-electron chi connectivity index (χ1n) is 6.98. The minimum atomic E-state index is -0.890. The van der Waals surface area contributed by atoms with Crippen LogP contribution in [-0.4, -0.2) is 17.4 Å². The molecule has 0 aliphatic heterocycles. The molecule has 23 heavy (non-hydrogen) atoms. The van der Waals surface area contributed by atoms with Crippen molar-refractivity contribution in [2.45, 2.75) is 18.3 Å². The number of nitrogens with zero attached hydrogens (tertiary/aromatic N) is 1. The number of benzene rings is 1. The third-order valence-electron chi connectivity index (χ3n) is 4.02. The van der Waals surface area contributed by atoms with Crippen LogP contribution in [-0.2, 0) is 5.41 Å². The highest BCUT2D eigenvalue weighted by molar-refractivity contribution is 6.33. The van der Waals surface area contributed by atoms with E-state index in [0.29, 0.717) is 0 Å². The Kier molecular flexibility index (Phi) is 4.25. The summed E-state index contributed by atoms with van der Waals surface area (Å²) in [5.74, 6) is -2.57. The third-order valence-corrected chi connectivity index (χ3v) is 4.52. The zero-order valence-electron chi connectivity index (χ0n) is 11.9. The Morgan fingerprint density at radius 1 is 1.17 bits per heavy atom. The zero-order valence-corrected chi connectivity index (χ0v) is 13.4. The lowest BCUT2D eigenvalue weighted by Crippen LogP contribution is -2.33. The minimum absolute atomic E-state index is 0.225. The molecule has 1 fully saturated rings. The van der Waals surface area contributed by atoms with Crippen molar-refractivity contribution < 1.29 is 13.6 Å². The first kappa shape index (κ1) is 16.1. The molecule has 1 aromatic carbocycles. The molecule has 1 aromatic heterocycles. The van der Waals surface area contributed by atoms with Crippen LogP contribution < -0.4 is 5.32 Å². The second-order valence-electron chi connectivity index (χ2n) is 5.53. The lowest BCUT2D eigenvalue weighted by molar-refractivity contribution is 0.0941. The lowest BCUT2D eigenvalue weighted by Gasteiger charge is -2.18. The van der Waals surface area contributed by atoms with Crippen LogP contribution in [0, 0.1) is 11.6 Å². The van der Waals surface area contributed by atoms with Crippen molar-refractivity contribution in [3.05, 3.63) is 63.4 Å². The van der Waals surface area contributed by atoms with Crippen molar-refractivity contribution >= 4 is 29.1 Å². The number of carbonyl (C=O) groups excluding carboxylic acids is 1. The zero-order chi connectivity index (χ0) is 16.6. The highest BCUT2D eigenvalue weighted by Gasteiger charge is 2.46. The van der Waals surface area contributed by atoms with Gasteiger partial charge >= 0.3 is 0 Å². The largest absolute Gasteiger partial charge is 0.351 e. The van der Waals surface area contributed by atoms with Crippen molar-refractivity contribution in [3.63, 3.8) is 0 Å². The summed E-state index contributed by atoms with van der Waals surface area (Å²) in [6, 6.07) is 6.69. The molecule has 1 aliphatic carbocycles. The average Bonchev–Trinajstić information content (AvgIpc) is 3.26. The van der Waals surface area contributed by atoms with Gasteiger partial charge in [-0.15, -0.1) is 0 Å². The smallest absolute Gasteiger partial charge is 0.257 e. The van der Waals surface area contributed by atoms with Crippen molar-refractivity contribution in [2.24, 2.45) is 0 Å². The summed E-state index contributed by atoms with van der Waals surface area (Å²) in [6.45, 7) is 0.225. The highest BCUT2D eigenvalue weighted by atomic mass is 35.5. The minimum Gasteiger partial charge on any atom is -0.351 e. The van der Waals surface area contributed by atoms with Crippen molar-refractivity contribution in [3.8, 4) is 0 Å². The van der Waals surface area contributed by atoms with Gasteiger partial charge in [0.2, 0.25) is 0 Å². The van der Waals surface area contributed by atoms with Gasteiger partial charge in [0.1, 0.15) is 27.5 Å². The maximum absolute atomic E-state index is 13.6. The van der Waals surface area contributed by atoms with Gasteiger partial charge in [-0.25, -0.2) is 13.8 Å². The second kappa shape index (κ2) is 6.06. The molecule has 1 heterocycles. The van der Waals surface area contributed by atoms with E-state index < -0.39 is 23.1 Å². The quantitative estimate of drug-likeness (QED) is 0.837. The van der Waals surface area contributed by atoms with Crippen molar-refractivity contribution in [2.75, 3.05) is 6.54 Å². The highest BCUT2D eigenvalue weighted by Crippen LogP contribution is 2.49. The number of hydrogen-bond acceptors (Lipinski definition) is 2. The van der Waals surface area contributed by atoms with Crippen molar-refractivity contribution in [1.82, 2.24) is 10.3 Å². The molecule has 3 rings (SSSR count). The normalized spacial score (nSPS) is 15.3. The van der Waals surface area contributed by atoms with Crippen LogP contribution in [0.4, 0.5) is 8.78 Å². The molecule has 1 saturated carbocycles. The maximum atomic E-state index is 13.6. The summed E-state index contributed by atoms with van der Waals surface area (Å²) in [5, 5.41) is 3.15. The molecule has 0 spiro atoms. The van der Waals surface area contributed by atoms with Crippen LogP contribution in [0.5, 0.6) is 0 Å². The lowest BCUT2D eigenvalue weighted by atomic mass is 9.97. The number of amides is 1. The average molecular weight is 357 g/mol. The Morgan fingerprint density at radius 3 is 2.39 bits per heavy atom. The van der Waals surface area contributed by atoms with Gasteiger partial charge in [0.25, 0.3) is 5.91 Å². The first-order chi connectivity index (χ1) is 10.9. The molecular formula is C16H12Cl2F2N2O. The van der Waals surface area contributed by atoms with Gasteiger partial charge in [-0.2, -0.15) is 0 Å². The number of hydrogen-bond donors (Lipinski definition) is 1. The summed E-state index contributed by atoms with van der Waals surface area (Å²) in [6.07, 6.45) is 1.60. The SMILES string of the molecule is O=C(NCC1(c2ccc(Cl)nc2Cl)CC1)c1c(F)cccc1F. The number of halogens is 4. The number of rotatable bonds is 4. The molecule has 3 nitrogen and oxygen atoms in total. The van der Waals surface area contributed by atoms with Gasteiger partial charge in [0.05, 0.1) is 0 Å².